The van der Waals surface area contributed by atoms with Crippen LogP contribution in [0.1, 0.15) is 26.7 Å². The fourth-order valence-corrected chi connectivity index (χ4v) is 0.647. The van der Waals surface area contributed by atoms with Crippen molar-refractivity contribution in [3.05, 3.63) is 0 Å². The summed E-state index contributed by atoms with van der Waals surface area (Å²) in [5.41, 5.74) is 0. The molecule has 0 fully saturated rings. The van der Waals surface area contributed by atoms with Gasteiger partial charge in [-0.05, 0) is 12.8 Å². The van der Waals surface area contributed by atoms with Crippen molar-refractivity contribution in [3.8, 4) is 0 Å². The molecule has 0 aliphatic heterocycles. The first kappa shape index (κ1) is 10.3. The maximum absolute atomic E-state index is 5.59. The lowest BCUT2D eigenvalue weighted by atomic mass is 10.3. The van der Waals surface area contributed by atoms with E-state index in [1.54, 1.807) is 0 Å². The molecule has 0 bridgehead atoms. The molecule has 4 heteroatoms. The van der Waals surface area contributed by atoms with Gasteiger partial charge in [-0.2, -0.15) is 0 Å². The van der Waals surface area contributed by atoms with Gasteiger partial charge in [-0.3, -0.25) is 0 Å². The van der Waals surface area contributed by atoms with Crippen LogP contribution >= 0.6 is 11.5 Å². The molecule has 0 unspecified atom stereocenters. The zero-order valence-corrected chi connectivity index (χ0v) is 7.36. The molecule has 0 saturated heterocycles. The Morgan fingerprint density at radius 2 is 1.50 bits per heavy atom. The monoisotopic (exact) mass is 164 g/mol. The Morgan fingerprint density at radius 3 is 1.80 bits per heavy atom. The summed E-state index contributed by atoms with van der Waals surface area (Å²) in [6.07, 6.45) is 1.94. The Morgan fingerprint density at radius 1 is 1.10 bits per heavy atom. The van der Waals surface area contributed by atoms with Gasteiger partial charge < -0.3 is 9.31 Å². The van der Waals surface area contributed by atoms with Gasteiger partial charge in [-0.25, -0.2) is 0 Å². The quantitative estimate of drug-likeness (QED) is 0.560. The van der Waals surface area contributed by atoms with Gasteiger partial charge in [0, 0.05) is 13.2 Å². The summed E-state index contributed by atoms with van der Waals surface area (Å²) in [5.74, 6) is 0. The molecule has 0 aromatic rings. The Hall–Kier alpha value is 0.275. The van der Waals surface area contributed by atoms with Crippen molar-refractivity contribution < 1.29 is 9.31 Å². The Bertz CT molecular complexity index is 64.8. The van der Waals surface area contributed by atoms with E-state index in [1.807, 2.05) is 13.8 Å². The van der Waals surface area contributed by atoms with Crippen molar-refractivity contribution >= 4 is 18.0 Å². The maximum atomic E-state index is 5.59. The topological polar surface area (TPSA) is 18.5 Å². The minimum absolute atomic E-state index is 0.556. The number of halogens is 1. The summed E-state index contributed by atoms with van der Waals surface area (Å²) in [5, 5.41) is 0. The Kier molecular flexibility index (Phi) is 7.59. The van der Waals surface area contributed by atoms with Crippen molar-refractivity contribution in [2.75, 3.05) is 13.2 Å². The largest absolute Gasteiger partial charge is 0.571 e. The Balaban J connectivity index is 3.00. The molecule has 0 amide bonds. The predicted molar refractivity (Wildman–Crippen MR) is 44.1 cm³/mol. The summed E-state index contributed by atoms with van der Waals surface area (Å²) < 4.78 is 10.1. The van der Waals surface area contributed by atoms with Crippen molar-refractivity contribution in [3.63, 3.8) is 0 Å². The zero-order chi connectivity index (χ0) is 7.82. The molecule has 0 aromatic carbocycles. The van der Waals surface area contributed by atoms with E-state index in [9.17, 15) is 0 Å². The van der Waals surface area contributed by atoms with E-state index in [0.29, 0.717) is 13.2 Å². The maximum Gasteiger partial charge on any atom is 0.571 e. The van der Waals surface area contributed by atoms with E-state index in [-0.39, 0.29) is 0 Å². The van der Waals surface area contributed by atoms with Gasteiger partial charge in [0.15, 0.2) is 0 Å². The van der Waals surface area contributed by atoms with Crippen molar-refractivity contribution in [1.82, 2.24) is 0 Å². The van der Waals surface area contributed by atoms with E-state index < -0.39 is 6.53 Å². The highest BCUT2D eigenvalue weighted by Crippen LogP contribution is 1.96. The molecule has 2 nitrogen and oxygen atoms in total. The fraction of sp³-hybridized carbons (Fsp3) is 1.00. The fourth-order valence-electron chi connectivity index (χ4n) is 0.469. The van der Waals surface area contributed by atoms with Gasteiger partial charge in [-0.1, -0.05) is 13.8 Å². The second kappa shape index (κ2) is 7.38. The molecule has 0 aliphatic carbocycles. The van der Waals surface area contributed by atoms with Crippen molar-refractivity contribution in [2.24, 2.45) is 0 Å². The molecule has 0 aromatic heterocycles. The molecule has 0 atom stereocenters. The third-order valence-electron chi connectivity index (χ3n) is 0.906. The molecule has 0 saturated carbocycles. The summed E-state index contributed by atoms with van der Waals surface area (Å²) in [7, 11) is 0. The lowest BCUT2D eigenvalue weighted by Crippen LogP contribution is -2.16. The molecular formula is C6H14BClO2. The van der Waals surface area contributed by atoms with Gasteiger partial charge >= 0.3 is 6.53 Å². The van der Waals surface area contributed by atoms with Gasteiger partial charge in [0.2, 0.25) is 0 Å². The van der Waals surface area contributed by atoms with Crippen LogP contribution in [0.4, 0.5) is 0 Å². The molecule has 60 valence electrons. The second-order valence-electron chi connectivity index (χ2n) is 2.02. The third-order valence-corrected chi connectivity index (χ3v) is 1.16. The van der Waals surface area contributed by atoms with Gasteiger partial charge in [0.05, 0.1) is 0 Å². The smallest absolute Gasteiger partial charge is 0.398 e. The first-order chi connectivity index (χ1) is 4.81. The van der Waals surface area contributed by atoms with Gasteiger partial charge in [0.1, 0.15) is 0 Å². The van der Waals surface area contributed by atoms with Crippen LogP contribution in [-0.2, 0) is 9.31 Å². The van der Waals surface area contributed by atoms with E-state index in [0.717, 1.165) is 12.8 Å². The molecule has 10 heavy (non-hydrogen) atoms. The molecule has 0 heterocycles. The molecule has 0 radical (unpaired) electrons. The molecular weight excluding hydrogens is 150 g/mol. The molecule has 0 aliphatic rings. The minimum Gasteiger partial charge on any atom is -0.398 e. The number of hydrogen-bond donors (Lipinski definition) is 0. The SMILES string of the molecule is CCCOB(Cl)OCCC. The van der Waals surface area contributed by atoms with Crippen molar-refractivity contribution in [1.29, 1.82) is 0 Å². The molecule has 0 spiro atoms. The van der Waals surface area contributed by atoms with Crippen molar-refractivity contribution in [2.45, 2.75) is 26.7 Å². The highest BCUT2D eigenvalue weighted by atomic mass is 35.5. The standard InChI is InChI=1S/C6H14BClO2/c1-3-5-9-7(8)10-6-4-2/h3-6H2,1-2H3. The molecule has 0 N–H and O–H groups in total. The van der Waals surface area contributed by atoms with Crippen LogP contribution in [-0.4, -0.2) is 19.7 Å². The van der Waals surface area contributed by atoms with E-state index >= 15 is 0 Å². The summed E-state index contributed by atoms with van der Waals surface area (Å²) >= 11 is 5.59. The van der Waals surface area contributed by atoms with Gasteiger partial charge in [0.25, 0.3) is 0 Å². The zero-order valence-electron chi connectivity index (χ0n) is 6.60. The summed E-state index contributed by atoms with van der Waals surface area (Å²) in [6, 6.07) is 0. The average molecular weight is 164 g/mol. The normalized spacial score (nSPS) is 9.90. The summed E-state index contributed by atoms with van der Waals surface area (Å²) in [6.45, 7) is 4.84. The lowest BCUT2D eigenvalue weighted by molar-refractivity contribution is 0.213. The highest BCUT2D eigenvalue weighted by molar-refractivity contribution is 6.99. The third kappa shape index (κ3) is 6.40. The van der Waals surface area contributed by atoms with Crippen LogP contribution in [0.2, 0.25) is 0 Å². The highest BCUT2D eigenvalue weighted by Gasteiger charge is 2.11. The predicted octanol–water partition coefficient (Wildman–Crippen LogP) is 2.06. The van der Waals surface area contributed by atoms with Crippen LogP contribution in [0, 0.1) is 0 Å². The van der Waals surface area contributed by atoms with Crippen LogP contribution in [0.3, 0.4) is 0 Å². The Labute approximate surface area is 67.9 Å². The van der Waals surface area contributed by atoms with Crippen LogP contribution in [0.5, 0.6) is 0 Å². The van der Waals surface area contributed by atoms with Crippen LogP contribution in [0.25, 0.3) is 0 Å². The van der Waals surface area contributed by atoms with Crippen LogP contribution in [0.15, 0.2) is 0 Å². The van der Waals surface area contributed by atoms with E-state index in [4.69, 9.17) is 20.8 Å². The van der Waals surface area contributed by atoms with E-state index in [2.05, 4.69) is 0 Å². The number of hydrogen-bond acceptors (Lipinski definition) is 2. The van der Waals surface area contributed by atoms with E-state index in [1.165, 1.54) is 0 Å². The first-order valence-electron chi connectivity index (χ1n) is 3.68. The first-order valence-corrected chi connectivity index (χ1v) is 4.12. The summed E-state index contributed by atoms with van der Waals surface area (Å²) in [4.78, 5) is 0. The lowest BCUT2D eigenvalue weighted by Gasteiger charge is -2.05. The van der Waals surface area contributed by atoms with Gasteiger partial charge in [-0.15, -0.1) is 11.5 Å². The molecule has 0 rings (SSSR count). The average Bonchev–Trinajstić information content (AvgIpc) is 1.97. The second-order valence-corrected chi connectivity index (χ2v) is 2.37. The minimum atomic E-state index is -0.556. The van der Waals surface area contributed by atoms with Crippen LogP contribution < -0.4 is 0 Å². The number of rotatable bonds is 6.